The van der Waals surface area contributed by atoms with Crippen LogP contribution in [0.4, 0.5) is 0 Å². The third-order valence-corrected chi connectivity index (χ3v) is 5.76. The van der Waals surface area contributed by atoms with Gasteiger partial charge in [0.05, 0.1) is 17.1 Å². The monoisotopic (exact) mass is 254 g/mol. The van der Waals surface area contributed by atoms with Crippen molar-refractivity contribution in [3.05, 3.63) is 35.4 Å². The minimum absolute atomic E-state index is 0.209. The molecule has 1 heterocycles. The Hall–Kier alpha value is -0.870. The van der Waals surface area contributed by atoms with Crippen LogP contribution in [0.25, 0.3) is 0 Å². The Balaban J connectivity index is 2.31. The van der Waals surface area contributed by atoms with E-state index in [0.29, 0.717) is 6.42 Å². The highest BCUT2D eigenvalue weighted by Gasteiger charge is 2.35. The molecule has 2 unspecified atom stereocenters. The summed E-state index contributed by atoms with van der Waals surface area (Å²) in [6, 6.07) is 7.43. The lowest BCUT2D eigenvalue weighted by Crippen LogP contribution is -2.34. The van der Waals surface area contributed by atoms with Gasteiger partial charge in [0.2, 0.25) is 0 Å². The molecular formula is C13H18O3S. The van der Waals surface area contributed by atoms with Crippen molar-refractivity contribution >= 4 is 9.84 Å². The lowest BCUT2D eigenvalue weighted by Gasteiger charge is -2.27. The highest BCUT2D eigenvalue weighted by molar-refractivity contribution is 7.92. The summed E-state index contributed by atoms with van der Waals surface area (Å²) < 4.78 is 23.9. The molecule has 4 heteroatoms. The first kappa shape index (κ1) is 12.6. The summed E-state index contributed by atoms with van der Waals surface area (Å²) in [5.74, 6) is 0.209. The van der Waals surface area contributed by atoms with Gasteiger partial charge >= 0.3 is 0 Å². The molecule has 0 radical (unpaired) electrons. The second kappa shape index (κ2) is 4.78. The van der Waals surface area contributed by atoms with Gasteiger partial charge < -0.3 is 5.11 Å². The Bertz CT molecular complexity index is 493. The second-order valence-electron chi connectivity index (χ2n) is 4.70. The average Bonchev–Trinajstić information content (AvgIpc) is 2.28. The zero-order valence-corrected chi connectivity index (χ0v) is 10.8. The molecule has 1 aliphatic heterocycles. The molecular weight excluding hydrogens is 236 g/mol. The first-order valence-electron chi connectivity index (χ1n) is 5.97. The average molecular weight is 254 g/mol. The maximum Gasteiger partial charge on any atom is 0.156 e. The van der Waals surface area contributed by atoms with Crippen LogP contribution in [0.5, 0.6) is 0 Å². The normalized spacial score (nSPS) is 25.4. The highest BCUT2D eigenvalue weighted by Crippen LogP contribution is 2.31. The SMILES string of the molecule is Cc1ccccc1C(O)C1CCCCS1(=O)=O. The smallest absolute Gasteiger partial charge is 0.156 e. The van der Waals surface area contributed by atoms with Crippen molar-refractivity contribution in [2.24, 2.45) is 0 Å². The molecule has 94 valence electrons. The van der Waals surface area contributed by atoms with Crippen molar-refractivity contribution in [2.75, 3.05) is 5.75 Å². The summed E-state index contributed by atoms with van der Waals surface area (Å²) in [4.78, 5) is 0. The predicted molar refractivity (Wildman–Crippen MR) is 67.6 cm³/mol. The summed E-state index contributed by atoms with van der Waals surface area (Å²) in [7, 11) is -3.14. The minimum Gasteiger partial charge on any atom is -0.387 e. The van der Waals surface area contributed by atoms with Crippen molar-refractivity contribution < 1.29 is 13.5 Å². The lowest BCUT2D eigenvalue weighted by molar-refractivity contribution is 0.163. The molecule has 17 heavy (non-hydrogen) atoms. The summed E-state index contributed by atoms with van der Waals surface area (Å²) in [6.45, 7) is 1.90. The first-order valence-corrected chi connectivity index (χ1v) is 7.69. The van der Waals surface area contributed by atoms with Gasteiger partial charge in [-0.1, -0.05) is 30.7 Å². The molecule has 1 aliphatic rings. The van der Waals surface area contributed by atoms with Gasteiger partial charge in [-0.3, -0.25) is 0 Å². The van der Waals surface area contributed by atoms with Crippen LogP contribution in [0.15, 0.2) is 24.3 Å². The lowest BCUT2D eigenvalue weighted by atomic mass is 9.98. The van der Waals surface area contributed by atoms with E-state index in [2.05, 4.69) is 0 Å². The largest absolute Gasteiger partial charge is 0.387 e. The first-order chi connectivity index (χ1) is 8.02. The number of rotatable bonds is 2. The molecule has 2 rings (SSSR count). The molecule has 0 amide bonds. The number of aliphatic hydroxyl groups excluding tert-OH is 1. The van der Waals surface area contributed by atoms with Crippen LogP contribution < -0.4 is 0 Å². The van der Waals surface area contributed by atoms with Crippen LogP contribution in [0.3, 0.4) is 0 Å². The maximum absolute atomic E-state index is 11.9. The van der Waals surface area contributed by atoms with Gasteiger partial charge in [0.1, 0.15) is 0 Å². The summed E-state index contributed by atoms with van der Waals surface area (Å²) in [5, 5.41) is 9.66. The molecule has 0 bridgehead atoms. The van der Waals surface area contributed by atoms with E-state index in [0.717, 1.165) is 24.0 Å². The molecule has 2 atom stereocenters. The van der Waals surface area contributed by atoms with E-state index in [1.54, 1.807) is 0 Å². The predicted octanol–water partition coefficient (Wildman–Crippen LogP) is 2.00. The van der Waals surface area contributed by atoms with Crippen LogP contribution in [0.1, 0.15) is 36.5 Å². The number of benzene rings is 1. The standard InChI is InChI=1S/C13H18O3S/c1-10-6-2-3-7-11(10)13(14)12-8-4-5-9-17(12,15)16/h2-3,6-7,12-14H,4-5,8-9H2,1H3. The van der Waals surface area contributed by atoms with E-state index in [9.17, 15) is 13.5 Å². The van der Waals surface area contributed by atoms with Crippen molar-refractivity contribution in [2.45, 2.75) is 37.5 Å². The molecule has 0 saturated carbocycles. The van der Waals surface area contributed by atoms with E-state index in [1.165, 1.54) is 0 Å². The Labute approximate surface area is 102 Å². The van der Waals surface area contributed by atoms with Crippen LogP contribution in [-0.2, 0) is 9.84 Å². The Morgan fingerprint density at radius 1 is 1.29 bits per heavy atom. The van der Waals surface area contributed by atoms with E-state index in [4.69, 9.17) is 0 Å². The van der Waals surface area contributed by atoms with Gasteiger partial charge in [0.15, 0.2) is 9.84 Å². The van der Waals surface area contributed by atoms with Gasteiger partial charge in [-0.05, 0) is 30.9 Å². The van der Waals surface area contributed by atoms with E-state index in [1.807, 2.05) is 31.2 Å². The van der Waals surface area contributed by atoms with Gasteiger partial charge in [-0.25, -0.2) is 8.42 Å². The van der Waals surface area contributed by atoms with E-state index < -0.39 is 21.2 Å². The number of aliphatic hydroxyl groups is 1. The van der Waals surface area contributed by atoms with Gasteiger partial charge in [0.25, 0.3) is 0 Å². The van der Waals surface area contributed by atoms with E-state index in [-0.39, 0.29) is 5.75 Å². The molecule has 1 aromatic carbocycles. The molecule has 1 saturated heterocycles. The molecule has 3 nitrogen and oxygen atoms in total. The summed E-state index contributed by atoms with van der Waals surface area (Å²) >= 11 is 0. The van der Waals surface area contributed by atoms with Gasteiger partial charge in [0, 0.05) is 0 Å². The molecule has 1 aromatic rings. The quantitative estimate of drug-likeness (QED) is 0.878. The van der Waals surface area contributed by atoms with Crippen molar-refractivity contribution in [3.8, 4) is 0 Å². The van der Waals surface area contributed by atoms with Gasteiger partial charge in [-0.15, -0.1) is 0 Å². The summed E-state index contributed by atoms with van der Waals surface area (Å²) in [6.07, 6.45) is 1.28. The van der Waals surface area contributed by atoms with E-state index >= 15 is 0 Å². The number of hydrogen-bond donors (Lipinski definition) is 1. The van der Waals surface area contributed by atoms with Crippen molar-refractivity contribution in [1.82, 2.24) is 0 Å². The maximum atomic E-state index is 11.9. The number of sulfone groups is 1. The van der Waals surface area contributed by atoms with Gasteiger partial charge in [-0.2, -0.15) is 0 Å². The highest BCUT2D eigenvalue weighted by atomic mass is 32.2. The fraction of sp³-hybridized carbons (Fsp3) is 0.538. The Kier molecular flexibility index (Phi) is 3.54. The third-order valence-electron chi connectivity index (χ3n) is 3.49. The zero-order chi connectivity index (χ0) is 12.5. The zero-order valence-electron chi connectivity index (χ0n) is 9.96. The fourth-order valence-electron chi connectivity index (χ4n) is 2.45. The molecule has 0 aliphatic carbocycles. The molecule has 0 aromatic heterocycles. The Morgan fingerprint density at radius 3 is 2.65 bits per heavy atom. The molecule has 0 spiro atoms. The van der Waals surface area contributed by atoms with Crippen LogP contribution in [0.2, 0.25) is 0 Å². The second-order valence-corrected chi connectivity index (χ2v) is 7.04. The van der Waals surface area contributed by atoms with Crippen LogP contribution in [0, 0.1) is 6.92 Å². The third kappa shape index (κ3) is 2.53. The summed E-state index contributed by atoms with van der Waals surface area (Å²) in [5.41, 5.74) is 1.68. The fourth-order valence-corrected chi connectivity index (χ4v) is 4.43. The molecule has 1 fully saturated rings. The minimum atomic E-state index is -3.14. The van der Waals surface area contributed by atoms with Crippen molar-refractivity contribution in [1.29, 1.82) is 0 Å². The van der Waals surface area contributed by atoms with Crippen LogP contribution in [-0.4, -0.2) is 24.5 Å². The number of aryl methyl sites for hydroxylation is 1. The Morgan fingerprint density at radius 2 is 2.00 bits per heavy atom. The molecule has 1 N–H and O–H groups in total. The number of hydrogen-bond acceptors (Lipinski definition) is 3. The topological polar surface area (TPSA) is 54.4 Å². The van der Waals surface area contributed by atoms with Crippen molar-refractivity contribution in [3.63, 3.8) is 0 Å². The van der Waals surface area contributed by atoms with Crippen LogP contribution >= 0.6 is 0 Å².